The van der Waals surface area contributed by atoms with Crippen molar-refractivity contribution in [3.63, 3.8) is 0 Å². The summed E-state index contributed by atoms with van der Waals surface area (Å²) in [6.45, 7) is -6.20. The number of ether oxygens (including phenoxy) is 15. The largest absolute Gasteiger partial charge is 0.394 e. The lowest BCUT2D eigenvalue weighted by atomic mass is 9.94. The van der Waals surface area contributed by atoms with Gasteiger partial charge in [-0.3, -0.25) is 9.59 Å². The van der Waals surface area contributed by atoms with Crippen molar-refractivity contribution in [2.24, 2.45) is 0 Å². The molecule has 43 nitrogen and oxygen atoms in total. The van der Waals surface area contributed by atoms with Gasteiger partial charge in [0.15, 0.2) is 50.3 Å². The van der Waals surface area contributed by atoms with Crippen LogP contribution in [-0.2, 0) is 80.6 Å². The number of amides is 2. The summed E-state index contributed by atoms with van der Waals surface area (Å²) in [6, 6.07) is -3.72. The van der Waals surface area contributed by atoms with Crippen molar-refractivity contribution in [3.8, 4) is 0 Å². The lowest BCUT2D eigenvalue weighted by molar-refractivity contribution is -0.391. The maximum atomic E-state index is 13.1. The Kier molecular flexibility index (Phi) is 27.9. The van der Waals surface area contributed by atoms with E-state index < -0.39 is 310 Å². The number of rotatable bonds is 24. The molecule has 43 heteroatoms. The van der Waals surface area contributed by atoms with Gasteiger partial charge in [-0.1, -0.05) is 0 Å². The van der Waals surface area contributed by atoms with Gasteiger partial charge in [0.1, 0.15) is 195 Å². The smallest absolute Gasteiger partial charge is 0.217 e. The summed E-state index contributed by atoms with van der Waals surface area (Å²) in [4.78, 5) is 25.2. The third kappa shape index (κ3) is 17.0. The van der Waals surface area contributed by atoms with Crippen LogP contribution in [0.15, 0.2) is 0 Å². The predicted octanol–water partition coefficient (Wildman–Crippen LogP) is -18.2. The third-order valence-electron chi connectivity index (χ3n) is 17.4. The third-order valence-corrected chi connectivity index (χ3v) is 17.4. The Morgan fingerprint density at radius 2 is 0.568 bits per heavy atom. The molecule has 8 saturated heterocycles. The topological polar surface area (TPSA) is 682 Å². The van der Waals surface area contributed by atoms with Gasteiger partial charge in [-0.2, -0.15) is 0 Å². The van der Waals surface area contributed by atoms with E-state index in [1.807, 2.05) is 0 Å². The van der Waals surface area contributed by atoms with Crippen LogP contribution >= 0.6 is 0 Å². The second kappa shape index (κ2) is 33.9. The first-order valence-electron chi connectivity index (χ1n) is 30.1. The van der Waals surface area contributed by atoms with Gasteiger partial charge < -0.3 is 204 Å². The molecule has 8 aliphatic heterocycles. The molecule has 8 aliphatic rings. The molecule has 0 aromatic heterocycles. The standard InChI is InChI=1S/C52H88N2O41/c1-11(61)53-21-29(69)40(17(7-59)83-45(21)80)91-50-38(78)42(27(67)20(90-50)10-82-52-44(34(74)26(66)16(6-58)87-52)95-49-37(77)33(73)25(65)15(5-57)86-49)93-46-22(54-12(2)62)30(70)41(18(8-60)88-46)92-51-39(79)43(94-48-36(76)32(72)24(64)14(4-56)85-48)28(68)19(89-51)9-81-47-35(75)31(71)23(63)13(3-55)84-47/h13-52,55-60,63-80H,3-10H2,1-2H3,(H,53,61)(H,54,62)/t13-,14-,15-,16-,17-,18-,19-,20-,21-,22-,23-,24-,25-,26-,27-,28-,29-,30-,31+,32+,33+,34+,35+,36+,37+,38+,39+,40-,41-,42+,43+,44+,45?,46-,47+,48-,49-,50+,51+,52+/m1/s1. The molecule has 40 atom stereocenters. The van der Waals surface area contributed by atoms with E-state index in [9.17, 15) is 132 Å². The number of hydrogen-bond donors (Lipinski definition) is 26. The molecule has 0 spiro atoms. The van der Waals surface area contributed by atoms with E-state index in [4.69, 9.17) is 71.1 Å². The quantitative estimate of drug-likeness (QED) is 0.0427. The maximum Gasteiger partial charge on any atom is 0.217 e. The van der Waals surface area contributed by atoms with Crippen LogP contribution in [0, 0.1) is 0 Å². The van der Waals surface area contributed by atoms with Crippen LogP contribution in [0.5, 0.6) is 0 Å². The molecule has 0 aromatic rings. The first kappa shape index (κ1) is 78.1. The Morgan fingerprint density at radius 1 is 0.274 bits per heavy atom. The highest BCUT2D eigenvalue weighted by Crippen LogP contribution is 2.38. The van der Waals surface area contributed by atoms with Crippen LogP contribution in [0.1, 0.15) is 13.8 Å². The molecule has 1 unspecified atom stereocenters. The van der Waals surface area contributed by atoms with Gasteiger partial charge in [0.05, 0.1) is 52.9 Å². The summed E-state index contributed by atoms with van der Waals surface area (Å²) in [5.41, 5.74) is 0. The summed E-state index contributed by atoms with van der Waals surface area (Å²) in [6.07, 6.45) is -77.0. The Bertz CT molecular complexity index is 2380. The van der Waals surface area contributed by atoms with Crippen molar-refractivity contribution >= 4 is 11.8 Å². The van der Waals surface area contributed by atoms with Gasteiger partial charge in [-0.25, -0.2) is 0 Å². The molecule has 95 heavy (non-hydrogen) atoms. The number of carbonyl (C=O) groups is 2. The fourth-order valence-electron chi connectivity index (χ4n) is 12.1. The zero-order valence-electron chi connectivity index (χ0n) is 50.4. The highest BCUT2D eigenvalue weighted by Gasteiger charge is 2.59. The summed E-state index contributed by atoms with van der Waals surface area (Å²) < 4.78 is 86.5. The van der Waals surface area contributed by atoms with Crippen LogP contribution in [-0.4, -0.2) is 433 Å². The monoisotopic (exact) mass is 1400 g/mol. The zero-order chi connectivity index (χ0) is 69.9. The molecule has 0 aliphatic carbocycles. The fourth-order valence-corrected chi connectivity index (χ4v) is 12.1. The normalized spacial score (nSPS) is 50.8. The van der Waals surface area contributed by atoms with Crippen LogP contribution in [0.25, 0.3) is 0 Å². The summed E-state index contributed by atoms with van der Waals surface area (Å²) in [5.74, 6) is -1.80. The average molecular weight is 1400 g/mol. The van der Waals surface area contributed by atoms with Gasteiger partial charge in [-0.05, 0) is 0 Å². The zero-order valence-corrected chi connectivity index (χ0v) is 50.4. The number of carbonyl (C=O) groups excluding carboxylic acids is 2. The summed E-state index contributed by atoms with van der Waals surface area (Å²) in [7, 11) is 0. The number of hydrogen-bond acceptors (Lipinski definition) is 41. The molecule has 8 rings (SSSR count). The fraction of sp³-hybridized carbons (Fsp3) is 0.962. The summed E-state index contributed by atoms with van der Waals surface area (Å²) in [5, 5.41) is 265. The Balaban J connectivity index is 1.08. The second-order valence-electron chi connectivity index (χ2n) is 23.9. The molecule has 552 valence electrons. The van der Waals surface area contributed by atoms with Crippen molar-refractivity contribution in [2.45, 2.75) is 259 Å². The van der Waals surface area contributed by atoms with Crippen molar-refractivity contribution < 1.29 is 203 Å². The van der Waals surface area contributed by atoms with Gasteiger partial charge in [-0.15, -0.1) is 0 Å². The van der Waals surface area contributed by atoms with E-state index in [1.54, 1.807) is 0 Å². The molecule has 0 aromatic carbocycles. The van der Waals surface area contributed by atoms with Gasteiger partial charge in [0.2, 0.25) is 11.8 Å². The van der Waals surface area contributed by atoms with Gasteiger partial charge in [0.25, 0.3) is 0 Å². The van der Waals surface area contributed by atoms with E-state index >= 15 is 0 Å². The van der Waals surface area contributed by atoms with Crippen molar-refractivity contribution in [1.29, 1.82) is 0 Å². The van der Waals surface area contributed by atoms with E-state index in [0.29, 0.717) is 0 Å². The molecule has 0 radical (unpaired) electrons. The Labute approximate surface area is 536 Å². The molecule has 2 amide bonds. The first-order chi connectivity index (χ1) is 44.9. The van der Waals surface area contributed by atoms with Crippen molar-refractivity contribution in [2.75, 3.05) is 52.9 Å². The molecule has 0 saturated carbocycles. The van der Waals surface area contributed by atoms with Crippen LogP contribution in [0.2, 0.25) is 0 Å². The SMILES string of the molecule is CC(=O)N[C@H]1[C@@H](O[C@@H]2[C@H](O)[C@H](O[C@H]3[C@H](O)[C@@H](NC(C)=O)C(O)O[C@@H]3CO)O[C@H](CO[C@H]3O[C@H](CO)[C@@H](O)[C@H](O)[C@@H]3O[C@H]3O[C@H](CO)[C@@H](O)[C@H](O)[C@@H]3O)[C@H]2O)O[C@H](CO)[C@@H](O[C@@H]2O[C@H](CO[C@H]3O[C@H](CO)[C@@H](O)[C@H](O)[C@@H]3O)[C@@H](O)[C@H](O[C@H]3O[C@H](CO)[C@@H](O)[C@H](O)[C@@H]3O)[C@@H]2O)[C@@H]1O. The number of aliphatic hydroxyl groups is 24. The first-order valence-corrected chi connectivity index (χ1v) is 30.1. The number of aliphatic hydroxyl groups excluding tert-OH is 24. The molecular formula is C52H88N2O41. The minimum absolute atomic E-state index is 0.812. The maximum absolute atomic E-state index is 13.1. The lowest BCUT2D eigenvalue weighted by Gasteiger charge is -2.51. The highest BCUT2D eigenvalue weighted by molar-refractivity contribution is 5.73. The Morgan fingerprint density at radius 3 is 0.989 bits per heavy atom. The summed E-state index contributed by atoms with van der Waals surface area (Å²) >= 11 is 0. The van der Waals surface area contributed by atoms with Crippen molar-refractivity contribution in [1.82, 2.24) is 10.6 Å². The minimum atomic E-state index is -2.40. The predicted molar refractivity (Wildman–Crippen MR) is 288 cm³/mol. The highest BCUT2D eigenvalue weighted by atomic mass is 16.8. The van der Waals surface area contributed by atoms with E-state index in [2.05, 4.69) is 10.6 Å². The van der Waals surface area contributed by atoms with Crippen molar-refractivity contribution in [3.05, 3.63) is 0 Å². The van der Waals surface area contributed by atoms with Crippen LogP contribution in [0.3, 0.4) is 0 Å². The molecule has 8 fully saturated rings. The minimum Gasteiger partial charge on any atom is -0.394 e. The molecular weight excluding hydrogens is 1310 g/mol. The molecule has 8 heterocycles. The average Bonchev–Trinajstić information content (AvgIpc) is 0.776. The van der Waals surface area contributed by atoms with E-state index in [1.165, 1.54) is 0 Å². The second-order valence-corrected chi connectivity index (χ2v) is 23.9. The van der Waals surface area contributed by atoms with E-state index in [0.717, 1.165) is 13.8 Å². The molecule has 0 bridgehead atoms. The molecule has 26 N–H and O–H groups in total. The number of nitrogens with one attached hydrogen (secondary N) is 2. The van der Waals surface area contributed by atoms with Gasteiger partial charge in [0, 0.05) is 13.8 Å². The lowest BCUT2D eigenvalue weighted by Crippen LogP contribution is -2.70. The van der Waals surface area contributed by atoms with Crippen LogP contribution in [0.4, 0.5) is 0 Å². The Hall–Kier alpha value is -2.62. The van der Waals surface area contributed by atoms with E-state index in [-0.39, 0.29) is 0 Å². The van der Waals surface area contributed by atoms with Crippen LogP contribution < -0.4 is 10.6 Å². The van der Waals surface area contributed by atoms with Gasteiger partial charge >= 0.3 is 0 Å².